The number of aromatic hydroxyl groups is 1. The van der Waals surface area contributed by atoms with Gasteiger partial charge in [-0.3, -0.25) is 4.79 Å². The highest BCUT2D eigenvalue weighted by Crippen LogP contribution is 2.19. The highest BCUT2D eigenvalue weighted by molar-refractivity contribution is 5.69. The van der Waals surface area contributed by atoms with Crippen molar-refractivity contribution in [3.8, 4) is 5.75 Å². The molecule has 0 unspecified atom stereocenters. The Kier molecular flexibility index (Phi) is 5.53. The monoisotopic (exact) mass is 235 g/mol. The van der Waals surface area contributed by atoms with Crippen molar-refractivity contribution < 1.29 is 14.6 Å². The number of phenolic OH excluding ortho intramolecular Hbond substituents is 1. The van der Waals surface area contributed by atoms with E-state index in [4.69, 9.17) is 0 Å². The van der Waals surface area contributed by atoms with Crippen LogP contribution in [0.5, 0.6) is 5.75 Å². The molecule has 17 heavy (non-hydrogen) atoms. The van der Waals surface area contributed by atoms with Crippen molar-refractivity contribution in [1.29, 1.82) is 0 Å². The molecule has 0 spiro atoms. The van der Waals surface area contributed by atoms with Gasteiger partial charge >= 0.3 is 5.97 Å². The summed E-state index contributed by atoms with van der Waals surface area (Å²) in [6, 6.07) is 6.27. The van der Waals surface area contributed by atoms with E-state index in [2.05, 4.69) is 17.7 Å². The Morgan fingerprint density at radius 3 is 2.82 bits per heavy atom. The molecule has 0 saturated heterocycles. The molecule has 0 aliphatic rings. The quantitative estimate of drug-likeness (QED) is 0.771. The summed E-state index contributed by atoms with van der Waals surface area (Å²) in [4.78, 5) is 11.1. The second kappa shape index (κ2) is 6.94. The number of benzene rings is 1. The second-order valence-corrected chi connectivity index (χ2v) is 4.05. The predicted molar refractivity (Wildman–Crippen MR) is 65.9 cm³/mol. The first-order valence-corrected chi connectivity index (χ1v) is 5.96. The summed E-state index contributed by atoms with van der Waals surface area (Å²) in [6.07, 6.45) is 4.12. The van der Waals surface area contributed by atoms with Gasteiger partial charge in [0.15, 0.2) is 0 Å². The van der Waals surface area contributed by atoms with Gasteiger partial charge in [-0.1, -0.05) is 13.3 Å². The zero-order valence-electron chi connectivity index (χ0n) is 10.5. The number of carbonyl (C=O) groups excluding carboxylic acids is 1. The molecule has 0 amide bonds. The van der Waals surface area contributed by atoms with E-state index in [9.17, 15) is 9.90 Å². The van der Waals surface area contributed by atoms with Crippen molar-refractivity contribution in [2.45, 2.75) is 39.0 Å². The first-order chi connectivity index (χ1) is 8.17. The van der Waals surface area contributed by atoms with E-state index in [1.807, 2.05) is 0 Å². The van der Waals surface area contributed by atoms with E-state index >= 15 is 0 Å². The van der Waals surface area contributed by atoms with E-state index in [0.29, 0.717) is 12.8 Å². The van der Waals surface area contributed by atoms with Crippen molar-refractivity contribution in [1.82, 2.24) is 0 Å². The lowest BCUT2D eigenvalue weighted by Crippen LogP contribution is -2.03. The minimum Gasteiger partial charge on any atom is -0.507 e. The van der Waals surface area contributed by atoms with Crippen molar-refractivity contribution >= 4 is 5.97 Å². The van der Waals surface area contributed by atoms with E-state index in [1.165, 1.54) is 7.11 Å². The molecule has 1 aromatic rings. The highest BCUT2D eigenvalue weighted by atomic mass is 16.5. The summed E-state index contributed by atoms with van der Waals surface area (Å²) in [6.45, 7) is 2.13. The maximum Gasteiger partial charge on any atom is 0.305 e. The summed E-state index contributed by atoms with van der Waals surface area (Å²) in [5.41, 5.74) is 2.17. The number of ether oxygens (including phenoxy) is 1. The number of methoxy groups -OCH3 is 1. The number of aryl methyl sites for hydroxylation is 2. The van der Waals surface area contributed by atoms with Gasteiger partial charge in [-0.05, 0) is 42.5 Å². The lowest BCUT2D eigenvalue weighted by Gasteiger charge is -2.09. The van der Waals surface area contributed by atoms with Crippen LogP contribution in [-0.2, 0) is 22.4 Å². The minimum absolute atomic E-state index is 0.165. The summed E-state index contributed by atoms with van der Waals surface area (Å²) < 4.78 is 4.62. The summed E-state index contributed by atoms with van der Waals surface area (Å²) in [7, 11) is 1.39. The number of esters is 1. The molecule has 0 heterocycles. The van der Waals surface area contributed by atoms with Gasteiger partial charge in [0, 0.05) is 12.5 Å². The van der Waals surface area contributed by atoms with Crippen LogP contribution in [0.1, 0.15) is 37.3 Å². The molecule has 0 fully saturated rings. The number of phenols is 1. The van der Waals surface area contributed by atoms with Gasteiger partial charge in [0.2, 0.25) is 0 Å². The molecule has 0 aliphatic carbocycles. The molecule has 0 atom stereocenters. The zero-order valence-corrected chi connectivity index (χ0v) is 10.5. The normalized spacial score (nSPS) is 10.2. The third-order valence-corrected chi connectivity index (χ3v) is 2.74. The molecule has 0 aromatic heterocycles. The maximum absolute atomic E-state index is 11.1. The first kappa shape index (κ1) is 13.6. The molecule has 1 N–H and O–H groups in total. The maximum atomic E-state index is 11.1. The van der Waals surface area contributed by atoms with Gasteiger partial charge in [-0.2, -0.15) is 0 Å². The van der Waals surface area contributed by atoms with Crippen LogP contribution in [0, 0.1) is 6.07 Å². The number of unbranched alkanes of at least 4 members (excludes halogenated alkanes) is 1. The van der Waals surface area contributed by atoms with Crippen molar-refractivity contribution in [2.75, 3.05) is 7.11 Å². The van der Waals surface area contributed by atoms with Crippen molar-refractivity contribution in [2.24, 2.45) is 0 Å². The van der Waals surface area contributed by atoms with E-state index < -0.39 is 0 Å². The molecule has 0 bridgehead atoms. The highest BCUT2D eigenvalue weighted by Gasteiger charge is 2.07. The zero-order chi connectivity index (χ0) is 12.7. The lowest BCUT2D eigenvalue weighted by atomic mass is 9.98. The van der Waals surface area contributed by atoms with Crippen LogP contribution in [0.25, 0.3) is 0 Å². The van der Waals surface area contributed by atoms with E-state index in [0.717, 1.165) is 30.4 Å². The second-order valence-electron chi connectivity index (χ2n) is 4.05. The Labute approximate surface area is 102 Å². The summed E-state index contributed by atoms with van der Waals surface area (Å²) in [5.74, 6) is -0.0440. The molecule has 1 aromatic carbocycles. The van der Waals surface area contributed by atoms with Crippen LogP contribution in [-0.4, -0.2) is 18.2 Å². The number of carbonyl (C=O) groups is 1. The molecule has 0 aliphatic heterocycles. The minimum atomic E-state index is -0.209. The van der Waals surface area contributed by atoms with E-state index in [-0.39, 0.29) is 11.7 Å². The molecular weight excluding hydrogens is 216 g/mol. The Bertz CT molecular complexity index is 372. The fourth-order valence-corrected chi connectivity index (χ4v) is 1.72. The van der Waals surface area contributed by atoms with Crippen molar-refractivity contribution in [3.63, 3.8) is 0 Å². The molecule has 0 saturated carbocycles. The standard InChI is InChI=1S/C14H19O3/c1-3-4-5-12-10-13(15)8-6-11(12)7-9-14(16)17-2/h6,10,15H,3-5,7,9H2,1-2H3. The SMILES string of the molecule is CCCCc1cc(O)[c]cc1CCC(=O)OC. The van der Waals surface area contributed by atoms with Gasteiger partial charge in [-0.25, -0.2) is 0 Å². The lowest BCUT2D eigenvalue weighted by molar-refractivity contribution is -0.140. The smallest absolute Gasteiger partial charge is 0.305 e. The van der Waals surface area contributed by atoms with Crippen LogP contribution in [0.2, 0.25) is 0 Å². The predicted octanol–water partition coefficient (Wildman–Crippen LogP) is 2.64. The van der Waals surface area contributed by atoms with Crippen LogP contribution in [0.4, 0.5) is 0 Å². The van der Waals surface area contributed by atoms with Crippen LogP contribution in [0.15, 0.2) is 12.1 Å². The Morgan fingerprint density at radius 2 is 2.18 bits per heavy atom. The van der Waals surface area contributed by atoms with Gasteiger partial charge in [0.05, 0.1) is 7.11 Å². The molecule has 3 heteroatoms. The van der Waals surface area contributed by atoms with E-state index in [1.54, 1.807) is 12.1 Å². The van der Waals surface area contributed by atoms with Crippen LogP contribution < -0.4 is 0 Å². The average Bonchev–Trinajstić information content (AvgIpc) is 2.34. The largest absolute Gasteiger partial charge is 0.507 e. The Morgan fingerprint density at radius 1 is 1.41 bits per heavy atom. The number of hydrogen-bond donors (Lipinski definition) is 1. The summed E-state index contributed by atoms with van der Waals surface area (Å²) >= 11 is 0. The fourth-order valence-electron chi connectivity index (χ4n) is 1.72. The molecule has 1 radical (unpaired) electrons. The Hall–Kier alpha value is -1.51. The van der Waals surface area contributed by atoms with Crippen LogP contribution >= 0.6 is 0 Å². The topological polar surface area (TPSA) is 46.5 Å². The van der Waals surface area contributed by atoms with Crippen LogP contribution in [0.3, 0.4) is 0 Å². The average molecular weight is 235 g/mol. The number of rotatable bonds is 6. The molecule has 1 rings (SSSR count). The van der Waals surface area contributed by atoms with Gasteiger partial charge in [0.1, 0.15) is 5.75 Å². The summed E-state index contributed by atoms with van der Waals surface area (Å²) in [5, 5.41) is 9.41. The number of hydrogen-bond acceptors (Lipinski definition) is 3. The molecule has 93 valence electrons. The fraction of sp³-hybridized carbons (Fsp3) is 0.500. The molecular formula is C14H19O3. The van der Waals surface area contributed by atoms with Gasteiger partial charge < -0.3 is 9.84 Å². The van der Waals surface area contributed by atoms with Gasteiger partial charge in [-0.15, -0.1) is 0 Å². The third-order valence-electron chi connectivity index (χ3n) is 2.74. The molecule has 3 nitrogen and oxygen atoms in total. The van der Waals surface area contributed by atoms with Crippen molar-refractivity contribution in [3.05, 3.63) is 29.3 Å². The first-order valence-electron chi connectivity index (χ1n) is 5.96. The third kappa shape index (κ3) is 4.47. The Balaban J connectivity index is 2.71. The van der Waals surface area contributed by atoms with Gasteiger partial charge in [0.25, 0.3) is 0 Å².